The number of imidazole rings is 1. The molecule has 0 saturated carbocycles. The fourth-order valence-electron chi connectivity index (χ4n) is 1.72. The van der Waals surface area contributed by atoms with Crippen molar-refractivity contribution in [1.82, 2.24) is 15.3 Å². The van der Waals surface area contributed by atoms with Crippen molar-refractivity contribution in [2.24, 2.45) is 0 Å². The Labute approximate surface area is 104 Å². The SMILES string of the molecule is CNCCC(C)(F)c1nc2c(Cl)cccc2[nH]1. The lowest BCUT2D eigenvalue weighted by atomic mass is 10.0. The van der Waals surface area contributed by atoms with Crippen molar-refractivity contribution in [2.45, 2.75) is 19.0 Å². The monoisotopic (exact) mass is 255 g/mol. The Balaban J connectivity index is 2.39. The second-order valence-electron chi connectivity index (χ2n) is 4.27. The van der Waals surface area contributed by atoms with E-state index in [1.165, 1.54) is 6.92 Å². The molecule has 2 N–H and O–H groups in total. The van der Waals surface area contributed by atoms with E-state index in [0.717, 1.165) is 5.52 Å². The molecule has 1 heterocycles. The third-order valence-electron chi connectivity index (χ3n) is 2.80. The van der Waals surface area contributed by atoms with Crippen molar-refractivity contribution in [3.8, 4) is 0 Å². The van der Waals surface area contributed by atoms with Crippen molar-refractivity contribution >= 4 is 22.6 Å². The highest BCUT2D eigenvalue weighted by molar-refractivity contribution is 6.34. The molecule has 2 rings (SSSR count). The van der Waals surface area contributed by atoms with Crippen LogP contribution in [0.1, 0.15) is 19.2 Å². The summed E-state index contributed by atoms with van der Waals surface area (Å²) in [6.45, 7) is 2.12. The highest BCUT2D eigenvalue weighted by Crippen LogP contribution is 2.30. The van der Waals surface area contributed by atoms with Crippen LogP contribution in [0, 0.1) is 0 Å². The van der Waals surface area contributed by atoms with Gasteiger partial charge in [0.15, 0.2) is 5.67 Å². The lowest BCUT2D eigenvalue weighted by molar-refractivity contribution is 0.166. The molecule has 92 valence electrons. The predicted octanol–water partition coefficient (Wildman–Crippen LogP) is 3.01. The van der Waals surface area contributed by atoms with Gasteiger partial charge in [0.2, 0.25) is 0 Å². The first-order valence-electron chi connectivity index (χ1n) is 5.53. The summed E-state index contributed by atoms with van der Waals surface area (Å²) in [6.07, 6.45) is 0.362. The van der Waals surface area contributed by atoms with Crippen LogP contribution in [0.15, 0.2) is 18.2 Å². The van der Waals surface area contributed by atoms with E-state index < -0.39 is 5.67 Å². The number of alkyl halides is 1. The summed E-state index contributed by atoms with van der Waals surface area (Å²) in [5, 5.41) is 3.47. The second kappa shape index (κ2) is 4.63. The molecule has 0 fully saturated rings. The van der Waals surface area contributed by atoms with Crippen LogP contribution in [0.4, 0.5) is 4.39 Å². The molecule has 0 aliphatic rings. The van der Waals surface area contributed by atoms with Gasteiger partial charge in [-0.25, -0.2) is 9.37 Å². The van der Waals surface area contributed by atoms with Gasteiger partial charge >= 0.3 is 0 Å². The quantitative estimate of drug-likeness (QED) is 0.882. The smallest absolute Gasteiger partial charge is 0.166 e. The molecule has 0 amide bonds. The third-order valence-corrected chi connectivity index (χ3v) is 3.11. The summed E-state index contributed by atoms with van der Waals surface area (Å²) >= 11 is 6.01. The number of H-pyrrole nitrogens is 1. The summed E-state index contributed by atoms with van der Waals surface area (Å²) in [6, 6.07) is 5.40. The van der Waals surface area contributed by atoms with Crippen LogP contribution in [0.25, 0.3) is 11.0 Å². The van der Waals surface area contributed by atoms with Crippen LogP contribution in [-0.4, -0.2) is 23.6 Å². The van der Waals surface area contributed by atoms with E-state index in [4.69, 9.17) is 11.6 Å². The molecule has 17 heavy (non-hydrogen) atoms. The first-order valence-corrected chi connectivity index (χ1v) is 5.90. The van der Waals surface area contributed by atoms with Crippen LogP contribution in [0.3, 0.4) is 0 Å². The number of nitrogens with one attached hydrogen (secondary N) is 2. The number of para-hydroxylation sites is 1. The van der Waals surface area contributed by atoms with E-state index in [-0.39, 0.29) is 0 Å². The molecule has 1 aromatic carbocycles. The van der Waals surface area contributed by atoms with Crippen molar-refractivity contribution in [1.29, 1.82) is 0 Å². The lowest BCUT2D eigenvalue weighted by Gasteiger charge is -2.17. The van der Waals surface area contributed by atoms with Gasteiger partial charge in [0.25, 0.3) is 0 Å². The maximum atomic E-state index is 14.4. The Morgan fingerprint density at radius 1 is 1.53 bits per heavy atom. The van der Waals surface area contributed by atoms with E-state index in [9.17, 15) is 4.39 Å². The number of fused-ring (bicyclic) bond motifs is 1. The van der Waals surface area contributed by atoms with Gasteiger partial charge in [-0.05, 0) is 32.6 Å². The molecule has 1 atom stereocenters. The molecule has 0 saturated heterocycles. The van der Waals surface area contributed by atoms with Gasteiger partial charge in [0.1, 0.15) is 11.3 Å². The summed E-state index contributed by atoms with van der Waals surface area (Å²) in [5.74, 6) is 0.329. The number of hydrogen-bond acceptors (Lipinski definition) is 2. The average Bonchev–Trinajstić information content (AvgIpc) is 2.72. The first kappa shape index (κ1) is 12.3. The Morgan fingerprint density at radius 2 is 2.29 bits per heavy atom. The summed E-state index contributed by atoms with van der Waals surface area (Å²) in [4.78, 5) is 7.23. The molecular weight excluding hydrogens is 241 g/mol. The van der Waals surface area contributed by atoms with E-state index in [2.05, 4.69) is 15.3 Å². The van der Waals surface area contributed by atoms with E-state index in [0.29, 0.717) is 29.3 Å². The number of aromatic amines is 1. The van der Waals surface area contributed by atoms with E-state index >= 15 is 0 Å². The number of aromatic nitrogens is 2. The molecule has 0 aliphatic heterocycles. The summed E-state index contributed by atoms with van der Waals surface area (Å²) in [5.41, 5.74) is -0.0935. The Hall–Kier alpha value is -1.13. The Bertz CT molecular complexity index is 521. The molecule has 3 nitrogen and oxygen atoms in total. The van der Waals surface area contributed by atoms with Crippen molar-refractivity contribution in [3.63, 3.8) is 0 Å². The average molecular weight is 256 g/mol. The van der Waals surface area contributed by atoms with Crippen LogP contribution < -0.4 is 5.32 Å². The van der Waals surface area contributed by atoms with Gasteiger partial charge in [-0.15, -0.1) is 0 Å². The number of nitrogens with zero attached hydrogens (tertiary/aromatic N) is 1. The number of hydrogen-bond donors (Lipinski definition) is 2. The molecule has 0 radical (unpaired) electrons. The minimum atomic E-state index is -1.48. The Morgan fingerprint density at radius 3 is 2.94 bits per heavy atom. The summed E-state index contributed by atoms with van der Waals surface area (Å²) in [7, 11) is 1.80. The zero-order chi connectivity index (χ0) is 12.5. The van der Waals surface area contributed by atoms with E-state index in [1.54, 1.807) is 13.1 Å². The molecule has 0 spiro atoms. The fraction of sp³-hybridized carbons (Fsp3) is 0.417. The van der Waals surface area contributed by atoms with Gasteiger partial charge in [-0.2, -0.15) is 0 Å². The van der Waals surface area contributed by atoms with Crippen molar-refractivity contribution in [3.05, 3.63) is 29.0 Å². The number of halogens is 2. The third kappa shape index (κ3) is 2.42. The maximum Gasteiger partial charge on any atom is 0.166 e. The van der Waals surface area contributed by atoms with E-state index in [1.807, 2.05) is 12.1 Å². The van der Waals surface area contributed by atoms with Crippen LogP contribution in [0.2, 0.25) is 5.02 Å². The largest absolute Gasteiger partial charge is 0.339 e. The minimum Gasteiger partial charge on any atom is -0.339 e. The molecule has 0 aliphatic carbocycles. The summed E-state index contributed by atoms with van der Waals surface area (Å²) < 4.78 is 14.4. The molecular formula is C12H15ClFN3. The van der Waals surface area contributed by atoms with Crippen LogP contribution >= 0.6 is 11.6 Å². The fourth-order valence-corrected chi connectivity index (χ4v) is 1.94. The molecule has 5 heteroatoms. The van der Waals surface area contributed by atoms with Gasteiger partial charge < -0.3 is 10.3 Å². The highest BCUT2D eigenvalue weighted by atomic mass is 35.5. The van der Waals surface area contributed by atoms with Gasteiger partial charge in [0, 0.05) is 6.42 Å². The van der Waals surface area contributed by atoms with Gasteiger partial charge in [-0.1, -0.05) is 17.7 Å². The molecule has 2 aromatic rings. The van der Waals surface area contributed by atoms with Crippen molar-refractivity contribution in [2.75, 3.05) is 13.6 Å². The number of benzene rings is 1. The first-order chi connectivity index (χ1) is 8.04. The van der Waals surface area contributed by atoms with Crippen molar-refractivity contribution < 1.29 is 4.39 Å². The van der Waals surface area contributed by atoms with Crippen LogP contribution in [0.5, 0.6) is 0 Å². The molecule has 1 unspecified atom stereocenters. The predicted molar refractivity (Wildman–Crippen MR) is 68.1 cm³/mol. The minimum absolute atomic E-state index is 0.329. The lowest BCUT2D eigenvalue weighted by Crippen LogP contribution is -2.23. The van der Waals surface area contributed by atoms with Gasteiger partial charge in [-0.3, -0.25) is 0 Å². The zero-order valence-corrected chi connectivity index (χ0v) is 10.6. The second-order valence-corrected chi connectivity index (χ2v) is 4.68. The standard InChI is InChI=1S/C12H15ClFN3/c1-12(14,6-7-15-2)11-16-9-5-3-4-8(13)10(9)17-11/h3-5,15H,6-7H2,1-2H3,(H,16,17). The van der Waals surface area contributed by atoms with Crippen LogP contribution in [-0.2, 0) is 5.67 Å². The highest BCUT2D eigenvalue weighted by Gasteiger charge is 2.29. The topological polar surface area (TPSA) is 40.7 Å². The number of rotatable bonds is 4. The Kier molecular flexibility index (Phi) is 3.35. The molecule has 1 aromatic heterocycles. The van der Waals surface area contributed by atoms with Gasteiger partial charge in [0.05, 0.1) is 10.5 Å². The maximum absolute atomic E-state index is 14.4. The molecule has 0 bridgehead atoms. The normalized spacial score (nSPS) is 15.1. The zero-order valence-electron chi connectivity index (χ0n) is 9.85.